The zero-order valence-corrected chi connectivity index (χ0v) is 15.9. The molecule has 3 rings (SSSR count). The summed E-state index contributed by atoms with van der Waals surface area (Å²) in [5.74, 6) is 1.25. The van der Waals surface area contributed by atoms with E-state index < -0.39 is 0 Å². The SMILES string of the molecule is CCOc1ccc(Cl)cc1-c1nc(N)nc(Nc2ccc(Cl)c(Cl)c2)n1. The van der Waals surface area contributed by atoms with E-state index in [9.17, 15) is 0 Å². The van der Waals surface area contributed by atoms with Gasteiger partial charge >= 0.3 is 0 Å². The monoisotopic (exact) mass is 409 g/mol. The lowest BCUT2D eigenvalue weighted by Gasteiger charge is -2.11. The quantitative estimate of drug-likeness (QED) is 0.599. The molecule has 0 unspecified atom stereocenters. The largest absolute Gasteiger partial charge is 0.493 e. The van der Waals surface area contributed by atoms with E-state index in [4.69, 9.17) is 45.3 Å². The number of ether oxygens (including phenoxy) is 1. The summed E-state index contributed by atoms with van der Waals surface area (Å²) in [5.41, 5.74) is 7.12. The number of nitrogens with two attached hydrogens (primary N) is 1. The maximum absolute atomic E-state index is 6.11. The number of aromatic nitrogens is 3. The molecule has 0 aliphatic heterocycles. The molecular weight excluding hydrogens is 397 g/mol. The first-order valence-electron chi connectivity index (χ1n) is 7.62. The van der Waals surface area contributed by atoms with Crippen molar-refractivity contribution in [2.75, 3.05) is 17.7 Å². The predicted molar refractivity (Wildman–Crippen MR) is 106 cm³/mol. The molecule has 0 amide bonds. The number of nitrogens with one attached hydrogen (secondary N) is 1. The van der Waals surface area contributed by atoms with Crippen LogP contribution in [0.15, 0.2) is 36.4 Å². The lowest BCUT2D eigenvalue weighted by molar-refractivity contribution is 0.341. The Labute approximate surface area is 165 Å². The van der Waals surface area contributed by atoms with Crippen LogP contribution in [0.5, 0.6) is 5.75 Å². The second-order valence-electron chi connectivity index (χ2n) is 5.17. The Kier molecular flexibility index (Phi) is 5.66. The van der Waals surface area contributed by atoms with Gasteiger partial charge in [0.1, 0.15) is 5.75 Å². The molecule has 1 heterocycles. The fraction of sp³-hybridized carbons (Fsp3) is 0.118. The standard InChI is InChI=1S/C17H14Cl3N5O/c1-2-26-14-6-3-9(18)7-11(14)15-23-16(21)25-17(24-15)22-10-4-5-12(19)13(20)8-10/h3-8H,2H2,1H3,(H3,21,22,23,24,25). The average molecular weight is 411 g/mol. The molecule has 2 aromatic carbocycles. The van der Waals surface area contributed by atoms with E-state index in [2.05, 4.69) is 20.3 Å². The number of hydrogen-bond acceptors (Lipinski definition) is 6. The molecule has 0 saturated carbocycles. The molecule has 1 aromatic heterocycles. The number of benzene rings is 2. The Hall–Kier alpha value is -2.28. The van der Waals surface area contributed by atoms with E-state index in [-0.39, 0.29) is 11.9 Å². The van der Waals surface area contributed by atoms with Crippen molar-refractivity contribution in [1.82, 2.24) is 15.0 Å². The number of anilines is 3. The molecule has 3 N–H and O–H groups in total. The highest BCUT2D eigenvalue weighted by molar-refractivity contribution is 6.42. The van der Waals surface area contributed by atoms with E-state index in [1.807, 2.05) is 6.92 Å². The van der Waals surface area contributed by atoms with Crippen molar-refractivity contribution in [3.05, 3.63) is 51.5 Å². The summed E-state index contributed by atoms with van der Waals surface area (Å²) in [5, 5.41) is 4.42. The fourth-order valence-electron chi connectivity index (χ4n) is 2.23. The van der Waals surface area contributed by atoms with E-state index in [1.165, 1.54) is 0 Å². The molecule has 6 nitrogen and oxygen atoms in total. The molecule has 0 radical (unpaired) electrons. The second-order valence-corrected chi connectivity index (χ2v) is 6.42. The van der Waals surface area contributed by atoms with Gasteiger partial charge < -0.3 is 15.8 Å². The number of nitrogens with zero attached hydrogens (tertiary/aromatic N) is 3. The van der Waals surface area contributed by atoms with Gasteiger partial charge in [0.25, 0.3) is 0 Å². The first-order valence-corrected chi connectivity index (χ1v) is 8.76. The Balaban J connectivity index is 2.00. The first-order chi connectivity index (χ1) is 12.5. The highest BCUT2D eigenvalue weighted by Crippen LogP contribution is 2.32. The summed E-state index contributed by atoms with van der Waals surface area (Å²) in [6, 6.07) is 10.3. The first kappa shape index (κ1) is 18.5. The molecule has 0 aliphatic carbocycles. The maximum atomic E-state index is 6.11. The van der Waals surface area contributed by atoms with Gasteiger partial charge in [-0.2, -0.15) is 15.0 Å². The van der Waals surface area contributed by atoms with Crippen LogP contribution in [0.25, 0.3) is 11.4 Å². The van der Waals surface area contributed by atoms with Crippen molar-refractivity contribution in [1.29, 1.82) is 0 Å². The van der Waals surface area contributed by atoms with Crippen molar-refractivity contribution < 1.29 is 4.74 Å². The van der Waals surface area contributed by atoms with Gasteiger partial charge in [0.15, 0.2) is 5.82 Å². The Morgan fingerprint density at radius 1 is 1.00 bits per heavy atom. The third kappa shape index (κ3) is 4.27. The minimum Gasteiger partial charge on any atom is -0.493 e. The molecule has 134 valence electrons. The van der Waals surface area contributed by atoms with Gasteiger partial charge in [0.05, 0.1) is 22.2 Å². The average Bonchev–Trinajstić information content (AvgIpc) is 2.59. The topological polar surface area (TPSA) is 86.0 Å². The van der Waals surface area contributed by atoms with Gasteiger partial charge in [-0.15, -0.1) is 0 Å². The van der Waals surface area contributed by atoms with Crippen molar-refractivity contribution in [2.24, 2.45) is 0 Å². The highest BCUT2D eigenvalue weighted by Gasteiger charge is 2.13. The van der Waals surface area contributed by atoms with Crippen LogP contribution >= 0.6 is 34.8 Å². The molecule has 0 bridgehead atoms. The van der Waals surface area contributed by atoms with Crippen LogP contribution in [-0.4, -0.2) is 21.6 Å². The van der Waals surface area contributed by atoms with Gasteiger partial charge in [-0.25, -0.2) is 0 Å². The van der Waals surface area contributed by atoms with Crippen LogP contribution in [-0.2, 0) is 0 Å². The van der Waals surface area contributed by atoms with Gasteiger partial charge in [0, 0.05) is 10.7 Å². The molecule has 0 spiro atoms. The van der Waals surface area contributed by atoms with E-state index in [0.717, 1.165) is 0 Å². The lowest BCUT2D eigenvalue weighted by atomic mass is 10.2. The van der Waals surface area contributed by atoms with Gasteiger partial charge in [0.2, 0.25) is 11.9 Å². The van der Waals surface area contributed by atoms with Gasteiger partial charge in [-0.3, -0.25) is 0 Å². The van der Waals surface area contributed by atoms with Gasteiger partial charge in [-0.1, -0.05) is 34.8 Å². The number of nitrogen functional groups attached to an aromatic ring is 1. The molecule has 26 heavy (non-hydrogen) atoms. The van der Waals surface area contributed by atoms with Crippen molar-refractivity contribution in [3.8, 4) is 17.1 Å². The van der Waals surface area contributed by atoms with Crippen LogP contribution < -0.4 is 15.8 Å². The summed E-state index contributed by atoms with van der Waals surface area (Å²) in [6.07, 6.45) is 0. The summed E-state index contributed by atoms with van der Waals surface area (Å²) in [6.45, 7) is 2.38. The van der Waals surface area contributed by atoms with Gasteiger partial charge in [-0.05, 0) is 43.3 Å². The number of halogens is 3. The van der Waals surface area contributed by atoms with Crippen LogP contribution in [0.3, 0.4) is 0 Å². The summed E-state index contributed by atoms with van der Waals surface area (Å²) < 4.78 is 5.62. The highest BCUT2D eigenvalue weighted by atomic mass is 35.5. The molecular formula is C17H14Cl3N5O. The summed E-state index contributed by atoms with van der Waals surface area (Å²) in [7, 11) is 0. The number of rotatable bonds is 5. The van der Waals surface area contributed by atoms with Crippen LogP contribution in [0, 0.1) is 0 Å². The molecule has 0 fully saturated rings. The van der Waals surface area contributed by atoms with Crippen LogP contribution in [0.1, 0.15) is 6.92 Å². The van der Waals surface area contributed by atoms with Crippen molar-refractivity contribution in [2.45, 2.75) is 6.92 Å². The van der Waals surface area contributed by atoms with E-state index in [0.29, 0.717) is 44.5 Å². The zero-order valence-electron chi connectivity index (χ0n) is 13.6. The Morgan fingerprint density at radius 2 is 1.81 bits per heavy atom. The molecule has 3 aromatic rings. The predicted octanol–water partition coefficient (Wildman–Crippen LogP) is 5.22. The van der Waals surface area contributed by atoms with Crippen molar-refractivity contribution in [3.63, 3.8) is 0 Å². The zero-order chi connectivity index (χ0) is 18.7. The van der Waals surface area contributed by atoms with E-state index in [1.54, 1.807) is 36.4 Å². The van der Waals surface area contributed by atoms with Crippen LogP contribution in [0.2, 0.25) is 15.1 Å². The normalized spacial score (nSPS) is 10.6. The van der Waals surface area contributed by atoms with Crippen LogP contribution in [0.4, 0.5) is 17.6 Å². The third-order valence-electron chi connectivity index (χ3n) is 3.31. The third-order valence-corrected chi connectivity index (χ3v) is 4.28. The fourth-order valence-corrected chi connectivity index (χ4v) is 2.70. The molecule has 0 aliphatic rings. The molecule has 0 atom stereocenters. The van der Waals surface area contributed by atoms with Crippen molar-refractivity contribution >= 4 is 52.4 Å². The summed E-state index contributed by atoms with van der Waals surface area (Å²) >= 11 is 18.1. The smallest absolute Gasteiger partial charge is 0.232 e. The summed E-state index contributed by atoms with van der Waals surface area (Å²) in [4.78, 5) is 12.7. The van der Waals surface area contributed by atoms with E-state index >= 15 is 0 Å². The Bertz CT molecular complexity index is 952. The number of hydrogen-bond donors (Lipinski definition) is 2. The second kappa shape index (κ2) is 7.95. The molecule has 0 saturated heterocycles. The molecule has 9 heteroatoms. The Morgan fingerprint density at radius 3 is 2.54 bits per heavy atom. The maximum Gasteiger partial charge on any atom is 0.232 e. The minimum absolute atomic E-state index is 0.0555. The minimum atomic E-state index is 0.0555. The lowest BCUT2D eigenvalue weighted by Crippen LogP contribution is -2.06.